The number of hydrogen-bond acceptors (Lipinski definition) is 2. The van der Waals surface area contributed by atoms with Gasteiger partial charge in [-0.25, -0.2) is 13.6 Å². The van der Waals surface area contributed by atoms with Crippen molar-refractivity contribution in [2.75, 3.05) is 0 Å². The number of primary sulfonamides is 1. The number of hydrogen-bond donors (Lipinski definition) is 1. The van der Waals surface area contributed by atoms with Crippen LogP contribution >= 0.6 is 0 Å². The summed E-state index contributed by atoms with van der Waals surface area (Å²) in [7, 11) is -3.49. The topological polar surface area (TPSA) is 60.2 Å². The molecule has 0 fully saturated rings. The van der Waals surface area contributed by atoms with Crippen molar-refractivity contribution in [2.45, 2.75) is 31.9 Å². The quantitative estimate of drug-likeness (QED) is 0.860. The molecule has 0 spiro atoms. The predicted molar refractivity (Wildman–Crippen MR) is 62.1 cm³/mol. The predicted octanol–water partition coefficient (Wildman–Crippen LogP) is 2.16. The van der Waals surface area contributed by atoms with Crippen molar-refractivity contribution in [2.24, 2.45) is 5.14 Å². The maximum Gasteiger partial charge on any atom is 0.215 e. The molecule has 0 saturated carbocycles. The third-order valence-electron chi connectivity index (χ3n) is 2.57. The van der Waals surface area contributed by atoms with Crippen molar-refractivity contribution in [1.29, 1.82) is 0 Å². The van der Waals surface area contributed by atoms with Crippen LogP contribution in [0.2, 0.25) is 0 Å². The molecule has 15 heavy (non-hydrogen) atoms. The van der Waals surface area contributed by atoms with E-state index in [0.717, 1.165) is 5.56 Å². The van der Waals surface area contributed by atoms with Crippen LogP contribution in [-0.4, -0.2) is 8.42 Å². The van der Waals surface area contributed by atoms with E-state index in [9.17, 15) is 8.42 Å². The summed E-state index contributed by atoms with van der Waals surface area (Å²) < 4.78 is 22.3. The first-order valence-electron chi connectivity index (χ1n) is 4.94. The maximum atomic E-state index is 11.1. The van der Waals surface area contributed by atoms with Gasteiger partial charge in [-0.2, -0.15) is 0 Å². The molecule has 0 aliphatic rings. The lowest BCUT2D eigenvalue weighted by Crippen LogP contribution is -2.19. The molecule has 0 bridgehead atoms. The van der Waals surface area contributed by atoms with E-state index in [1.807, 2.05) is 24.3 Å². The minimum Gasteiger partial charge on any atom is -0.228 e. The normalized spacial score (nSPS) is 14.2. The Balaban J connectivity index is 3.00. The van der Waals surface area contributed by atoms with Crippen LogP contribution in [0.1, 0.15) is 43.1 Å². The summed E-state index contributed by atoms with van der Waals surface area (Å²) in [6, 6.07) is 7.54. The van der Waals surface area contributed by atoms with Crippen LogP contribution in [0.4, 0.5) is 0 Å². The highest BCUT2D eigenvalue weighted by molar-refractivity contribution is 7.89. The zero-order valence-corrected chi connectivity index (χ0v) is 10.1. The average Bonchev–Trinajstić information content (AvgIpc) is 2.15. The molecule has 0 saturated heterocycles. The smallest absolute Gasteiger partial charge is 0.215 e. The molecule has 84 valence electrons. The van der Waals surface area contributed by atoms with Gasteiger partial charge in [0.05, 0.1) is 5.25 Å². The molecular weight excluding hydrogens is 210 g/mol. The van der Waals surface area contributed by atoms with Crippen LogP contribution in [0.15, 0.2) is 24.3 Å². The van der Waals surface area contributed by atoms with Gasteiger partial charge in [0, 0.05) is 0 Å². The highest BCUT2D eigenvalue weighted by Gasteiger charge is 2.17. The molecule has 0 heterocycles. The Labute approximate surface area is 91.4 Å². The highest BCUT2D eigenvalue weighted by atomic mass is 32.2. The van der Waals surface area contributed by atoms with Gasteiger partial charge in [0.2, 0.25) is 10.0 Å². The molecule has 4 heteroatoms. The molecule has 1 rings (SSSR count). The van der Waals surface area contributed by atoms with Gasteiger partial charge in [-0.05, 0) is 24.0 Å². The molecular formula is C11H17NO2S. The molecule has 1 aromatic rings. The second-order valence-electron chi connectivity index (χ2n) is 4.05. The highest BCUT2D eigenvalue weighted by Crippen LogP contribution is 2.22. The minimum atomic E-state index is -3.49. The summed E-state index contributed by atoms with van der Waals surface area (Å²) in [6.45, 7) is 5.79. The monoisotopic (exact) mass is 227 g/mol. The van der Waals surface area contributed by atoms with Gasteiger partial charge in [-0.3, -0.25) is 0 Å². The fourth-order valence-electron chi connectivity index (χ4n) is 1.34. The molecule has 3 nitrogen and oxygen atoms in total. The number of rotatable bonds is 3. The molecule has 0 aliphatic heterocycles. The van der Waals surface area contributed by atoms with Crippen LogP contribution in [0.25, 0.3) is 0 Å². The summed E-state index contributed by atoms with van der Waals surface area (Å²) >= 11 is 0. The minimum absolute atomic E-state index is 0.448. The largest absolute Gasteiger partial charge is 0.228 e. The standard InChI is InChI=1S/C11H17NO2S/c1-8(2)10-4-6-11(7-5-10)9(3)15(12,13)14/h4-9H,1-3H3,(H2,12,13,14). The third-order valence-corrected chi connectivity index (χ3v) is 3.82. The molecule has 1 aromatic carbocycles. The van der Waals surface area contributed by atoms with Gasteiger partial charge < -0.3 is 0 Å². The number of nitrogens with two attached hydrogens (primary N) is 1. The van der Waals surface area contributed by atoms with Gasteiger partial charge >= 0.3 is 0 Å². The SMILES string of the molecule is CC(C)c1ccc(C(C)S(N)(=O)=O)cc1. The van der Waals surface area contributed by atoms with E-state index in [4.69, 9.17) is 5.14 Å². The van der Waals surface area contributed by atoms with Crippen molar-refractivity contribution in [3.05, 3.63) is 35.4 Å². The Hall–Kier alpha value is -0.870. The molecule has 1 atom stereocenters. The van der Waals surface area contributed by atoms with Crippen LogP contribution in [0, 0.1) is 0 Å². The van der Waals surface area contributed by atoms with Crippen molar-refractivity contribution >= 4 is 10.0 Å². The van der Waals surface area contributed by atoms with Gasteiger partial charge in [0.25, 0.3) is 0 Å². The molecule has 0 amide bonds. The lowest BCUT2D eigenvalue weighted by Gasteiger charge is -2.11. The van der Waals surface area contributed by atoms with Gasteiger partial charge in [-0.15, -0.1) is 0 Å². The molecule has 0 radical (unpaired) electrons. The van der Waals surface area contributed by atoms with Crippen LogP contribution in [-0.2, 0) is 10.0 Å². The first-order valence-corrected chi connectivity index (χ1v) is 6.54. The van der Waals surface area contributed by atoms with Crippen LogP contribution in [0.3, 0.4) is 0 Å². The van der Waals surface area contributed by atoms with Gasteiger partial charge in [-0.1, -0.05) is 38.1 Å². The Morgan fingerprint density at radius 2 is 1.40 bits per heavy atom. The van der Waals surface area contributed by atoms with Crippen molar-refractivity contribution < 1.29 is 8.42 Å². The molecule has 0 aromatic heterocycles. The van der Waals surface area contributed by atoms with E-state index in [2.05, 4.69) is 13.8 Å². The van der Waals surface area contributed by atoms with Crippen LogP contribution in [0.5, 0.6) is 0 Å². The third kappa shape index (κ3) is 3.04. The molecule has 0 aliphatic carbocycles. The van der Waals surface area contributed by atoms with E-state index >= 15 is 0 Å². The van der Waals surface area contributed by atoms with Gasteiger partial charge in [0.15, 0.2) is 0 Å². The number of sulfonamides is 1. The molecule has 1 unspecified atom stereocenters. The van der Waals surface area contributed by atoms with Crippen LogP contribution < -0.4 is 5.14 Å². The number of benzene rings is 1. The fraction of sp³-hybridized carbons (Fsp3) is 0.455. The van der Waals surface area contributed by atoms with E-state index in [-0.39, 0.29) is 0 Å². The summed E-state index contributed by atoms with van der Waals surface area (Å²) in [4.78, 5) is 0. The fourth-order valence-corrected chi connectivity index (χ4v) is 1.88. The second-order valence-corrected chi connectivity index (χ2v) is 5.94. The second kappa shape index (κ2) is 4.33. The zero-order chi connectivity index (χ0) is 11.6. The zero-order valence-electron chi connectivity index (χ0n) is 9.27. The molecule has 2 N–H and O–H groups in total. The van der Waals surface area contributed by atoms with Crippen molar-refractivity contribution in [1.82, 2.24) is 0 Å². The lowest BCUT2D eigenvalue weighted by atomic mass is 10.0. The summed E-state index contributed by atoms with van der Waals surface area (Å²) in [5.41, 5.74) is 1.93. The Morgan fingerprint density at radius 1 is 1.00 bits per heavy atom. The van der Waals surface area contributed by atoms with E-state index in [1.165, 1.54) is 5.56 Å². The first kappa shape index (κ1) is 12.2. The summed E-state index contributed by atoms with van der Waals surface area (Å²) in [5, 5.41) is 4.44. The van der Waals surface area contributed by atoms with E-state index < -0.39 is 15.3 Å². The lowest BCUT2D eigenvalue weighted by molar-refractivity contribution is 0.588. The van der Waals surface area contributed by atoms with Crippen molar-refractivity contribution in [3.8, 4) is 0 Å². The first-order chi connectivity index (χ1) is 6.82. The van der Waals surface area contributed by atoms with Crippen molar-refractivity contribution in [3.63, 3.8) is 0 Å². The Kier molecular flexibility index (Phi) is 3.52. The average molecular weight is 227 g/mol. The summed E-state index contributed by atoms with van der Waals surface area (Å²) in [5.74, 6) is 0.448. The van der Waals surface area contributed by atoms with E-state index in [1.54, 1.807) is 6.92 Å². The Bertz CT molecular complexity index is 420. The van der Waals surface area contributed by atoms with Gasteiger partial charge in [0.1, 0.15) is 0 Å². The Morgan fingerprint density at radius 3 is 1.73 bits per heavy atom. The summed E-state index contributed by atoms with van der Waals surface area (Å²) in [6.07, 6.45) is 0. The maximum absolute atomic E-state index is 11.1. The van der Waals surface area contributed by atoms with E-state index in [0.29, 0.717) is 5.92 Å².